The SMILES string of the molecule is O=C(C1=C[C@@H](C2CCC2)C[C@@H](OCc2ccc(CO)cc2)O1)N1CCCCCCC1. The minimum absolute atomic E-state index is 0.0434. The molecule has 0 radical (unpaired) electrons. The van der Waals surface area contributed by atoms with E-state index >= 15 is 0 Å². The van der Waals surface area contributed by atoms with Crippen LogP contribution in [0, 0.1) is 11.8 Å². The van der Waals surface area contributed by atoms with E-state index in [1.54, 1.807) is 0 Å². The van der Waals surface area contributed by atoms with Crippen molar-refractivity contribution in [3.05, 3.63) is 47.2 Å². The van der Waals surface area contributed by atoms with Crippen LogP contribution >= 0.6 is 0 Å². The van der Waals surface area contributed by atoms with Gasteiger partial charge in [0.2, 0.25) is 6.29 Å². The number of benzene rings is 1. The van der Waals surface area contributed by atoms with E-state index in [2.05, 4.69) is 6.08 Å². The fourth-order valence-electron chi connectivity index (χ4n) is 4.67. The van der Waals surface area contributed by atoms with Crippen molar-refractivity contribution in [2.24, 2.45) is 11.8 Å². The normalized spacial score (nSPS) is 25.5. The average molecular weight is 414 g/mol. The summed E-state index contributed by atoms with van der Waals surface area (Å²) in [7, 11) is 0. The van der Waals surface area contributed by atoms with E-state index in [-0.39, 0.29) is 18.8 Å². The van der Waals surface area contributed by atoms with Gasteiger partial charge in [0.25, 0.3) is 5.91 Å². The summed E-state index contributed by atoms with van der Waals surface area (Å²) in [6, 6.07) is 7.77. The van der Waals surface area contributed by atoms with Crippen LogP contribution in [0.5, 0.6) is 0 Å². The highest BCUT2D eigenvalue weighted by atomic mass is 16.7. The molecule has 2 aliphatic heterocycles. The Balaban J connectivity index is 1.41. The third-order valence-corrected chi connectivity index (χ3v) is 6.84. The van der Waals surface area contributed by atoms with E-state index in [9.17, 15) is 9.90 Å². The first-order chi connectivity index (χ1) is 14.7. The highest BCUT2D eigenvalue weighted by Crippen LogP contribution is 2.40. The molecule has 1 N–H and O–H groups in total. The van der Waals surface area contributed by atoms with Crippen molar-refractivity contribution in [3.8, 4) is 0 Å². The number of amides is 1. The topological polar surface area (TPSA) is 59.0 Å². The van der Waals surface area contributed by atoms with Crippen LogP contribution in [-0.2, 0) is 27.5 Å². The number of aliphatic hydroxyl groups is 1. The molecule has 1 amide bonds. The predicted molar refractivity (Wildman–Crippen MR) is 115 cm³/mol. The number of carbonyl (C=O) groups is 1. The van der Waals surface area contributed by atoms with E-state index in [0.29, 0.717) is 24.2 Å². The molecule has 0 spiro atoms. The number of carbonyl (C=O) groups excluding carboxylic acids is 1. The summed E-state index contributed by atoms with van der Waals surface area (Å²) < 4.78 is 12.2. The summed E-state index contributed by atoms with van der Waals surface area (Å²) in [5, 5.41) is 9.20. The van der Waals surface area contributed by atoms with Crippen molar-refractivity contribution in [3.63, 3.8) is 0 Å². The molecular formula is C25H35NO4. The highest BCUT2D eigenvalue weighted by molar-refractivity contribution is 5.91. The van der Waals surface area contributed by atoms with Crippen LogP contribution in [0.25, 0.3) is 0 Å². The van der Waals surface area contributed by atoms with Crippen molar-refractivity contribution in [2.75, 3.05) is 13.1 Å². The molecule has 1 saturated carbocycles. The van der Waals surface area contributed by atoms with Crippen molar-refractivity contribution in [1.29, 1.82) is 0 Å². The quantitative estimate of drug-likeness (QED) is 0.744. The zero-order valence-electron chi connectivity index (χ0n) is 17.9. The van der Waals surface area contributed by atoms with Gasteiger partial charge in [-0.25, -0.2) is 0 Å². The molecule has 0 aromatic heterocycles. The molecule has 30 heavy (non-hydrogen) atoms. The Bertz CT molecular complexity index is 717. The van der Waals surface area contributed by atoms with Crippen LogP contribution in [-0.4, -0.2) is 35.3 Å². The minimum atomic E-state index is -0.383. The Morgan fingerprint density at radius 1 is 1.00 bits per heavy atom. The smallest absolute Gasteiger partial charge is 0.288 e. The van der Waals surface area contributed by atoms with E-state index in [4.69, 9.17) is 9.47 Å². The number of likely N-dealkylation sites (tertiary alicyclic amines) is 1. The van der Waals surface area contributed by atoms with Crippen LogP contribution in [0.3, 0.4) is 0 Å². The van der Waals surface area contributed by atoms with Crippen LogP contribution in [0.15, 0.2) is 36.1 Å². The van der Waals surface area contributed by atoms with Gasteiger partial charge in [-0.15, -0.1) is 0 Å². The van der Waals surface area contributed by atoms with Crippen LogP contribution in [0.1, 0.15) is 68.9 Å². The third-order valence-electron chi connectivity index (χ3n) is 6.84. The Morgan fingerprint density at radius 2 is 1.67 bits per heavy atom. The van der Waals surface area contributed by atoms with Gasteiger partial charge in [-0.3, -0.25) is 4.79 Å². The summed E-state index contributed by atoms with van der Waals surface area (Å²) in [4.78, 5) is 15.2. The molecule has 0 unspecified atom stereocenters. The molecule has 1 aromatic carbocycles. The number of hydrogen-bond acceptors (Lipinski definition) is 4. The monoisotopic (exact) mass is 413 g/mol. The second-order valence-corrected chi connectivity index (χ2v) is 9.01. The first-order valence-corrected chi connectivity index (χ1v) is 11.7. The number of rotatable bonds is 6. The Morgan fingerprint density at radius 3 is 2.30 bits per heavy atom. The summed E-state index contributed by atoms with van der Waals surface area (Å²) in [5.41, 5.74) is 1.93. The molecule has 4 rings (SSSR count). The van der Waals surface area contributed by atoms with Crippen LogP contribution < -0.4 is 0 Å². The molecule has 1 aliphatic carbocycles. The van der Waals surface area contributed by atoms with Crippen LogP contribution in [0.4, 0.5) is 0 Å². The number of nitrogens with zero attached hydrogens (tertiary/aromatic N) is 1. The molecule has 2 atom stereocenters. The fraction of sp³-hybridized carbons (Fsp3) is 0.640. The molecule has 5 heteroatoms. The summed E-state index contributed by atoms with van der Waals surface area (Å²) in [6.07, 6.45) is 12.1. The van der Waals surface area contributed by atoms with E-state index in [1.165, 1.54) is 38.5 Å². The lowest BCUT2D eigenvalue weighted by Crippen LogP contribution is -2.39. The molecule has 1 aromatic rings. The van der Waals surface area contributed by atoms with Gasteiger partial charge in [0, 0.05) is 19.5 Å². The van der Waals surface area contributed by atoms with E-state index < -0.39 is 0 Å². The Labute approximate surface area is 180 Å². The van der Waals surface area contributed by atoms with Gasteiger partial charge in [-0.05, 0) is 54.7 Å². The Hall–Kier alpha value is -1.85. The molecule has 3 aliphatic rings. The number of hydrogen-bond donors (Lipinski definition) is 1. The largest absolute Gasteiger partial charge is 0.459 e. The predicted octanol–water partition coefficient (Wildman–Crippen LogP) is 4.53. The second-order valence-electron chi connectivity index (χ2n) is 9.01. The lowest BCUT2D eigenvalue weighted by Gasteiger charge is -2.38. The molecule has 2 heterocycles. The maximum Gasteiger partial charge on any atom is 0.288 e. The number of ether oxygens (including phenoxy) is 2. The van der Waals surface area contributed by atoms with Gasteiger partial charge in [0.05, 0.1) is 13.2 Å². The second kappa shape index (κ2) is 10.5. The molecule has 5 nitrogen and oxygen atoms in total. The van der Waals surface area contributed by atoms with Gasteiger partial charge in [-0.2, -0.15) is 0 Å². The van der Waals surface area contributed by atoms with Crippen molar-refractivity contribution >= 4 is 5.91 Å². The zero-order chi connectivity index (χ0) is 20.8. The highest BCUT2D eigenvalue weighted by Gasteiger charge is 2.35. The average Bonchev–Trinajstić information content (AvgIpc) is 2.70. The van der Waals surface area contributed by atoms with Gasteiger partial charge in [0.15, 0.2) is 5.76 Å². The maximum absolute atomic E-state index is 13.2. The van der Waals surface area contributed by atoms with Gasteiger partial charge < -0.3 is 19.5 Å². The lowest BCUT2D eigenvalue weighted by atomic mass is 9.73. The van der Waals surface area contributed by atoms with Crippen molar-refractivity contribution in [2.45, 2.75) is 77.3 Å². The Kier molecular flexibility index (Phi) is 7.45. The first kappa shape index (κ1) is 21.4. The van der Waals surface area contributed by atoms with Crippen LogP contribution in [0.2, 0.25) is 0 Å². The zero-order valence-corrected chi connectivity index (χ0v) is 17.9. The van der Waals surface area contributed by atoms with Gasteiger partial charge >= 0.3 is 0 Å². The van der Waals surface area contributed by atoms with Crippen molar-refractivity contribution < 1.29 is 19.4 Å². The van der Waals surface area contributed by atoms with E-state index in [1.807, 2.05) is 29.2 Å². The summed E-state index contributed by atoms with van der Waals surface area (Å²) in [6.45, 7) is 2.15. The van der Waals surface area contributed by atoms with Gasteiger partial charge in [-0.1, -0.05) is 49.9 Å². The standard InChI is InChI=1S/C25H35NO4/c27-17-19-9-11-20(12-10-19)18-29-24-16-22(21-7-6-8-21)15-23(30-24)25(28)26-13-4-2-1-3-5-14-26/h9-12,15,21-22,24,27H,1-8,13-14,16-18H2/t22-,24+/m1/s1. The molecule has 2 fully saturated rings. The summed E-state index contributed by atoms with van der Waals surface area (Å²) in [5.74, 6) is 1.56. The molecule has 164 valence electrons. The van der Waals surface area contributed by atoms with E-state index in [0.717, 1.165) is 43.5 Å². The molecular weight excluding hydrogens is 378 g/mol. The number of aliphatic hydroxyl groups excluding tert-OH is 1. The fourth-order valence-corrected chi connectivity index (χ4v) is 4.67. The molecule has 0 bridgehead atoms. The summed E-state index contributed by atoms with van der Waals surface area (Å²) >= 11 is 0. The maximum atomic E-state index is 13.2. The van der Waals surface area contributed by atoms with Gasteiger partial charge in [0.1, 0.15) is 0 Å². The minimum Gasteiger partial charge on any atom is -0.459 e. The molecule has 1 saturated heterocycles. The number of allylic oxidation sites excluding steroid dienone is 1. The third kappa shape index (κ3) is 5.44. The first-order valence-electron chi connectivity index (χ1n) is 11.7. The lowest BCUT2D eigenvalue weighted by molar-refractivity contribution is -0.161. The van der Waals surface area contributed by atoms with Crippen molar-refractivity contribution in [1.82, 2.24) is 4.90 Å².